The Hall–Kier alpha value is -1.41. The third kappa shape index (κ3) is 2.88. The van der Waals surface area contributed by atoms with Gasteiger partial charge in [0.2, 0.25) is 10.0 Å². The van der Waals surface area contributed by atoms with Crippen molar-refractivity contribution in [1.82, 2.24) is 4.31 Å². The smallest absolute Gasteiger partial charge is 0.322 e. The summed E-state index contributed by atoms with van der Waals surface area (Å²) < 4.78 is 24.5. The number of aliphatic carboxylic acids is 2. The van der Waals surface area contributed by atoms with Gasteiger partial charge in [-0.25, -0.2) is 8.42 Å². The maximum Gasteiger partial charge on any atom is 0.322 e. The van der Waals surface area contributed by atoms with Crippen LogP contribution in [-0.2, 0) is 19.6 Å². The molecule has 0 aliphatic carbocycles. The normalized spacial score (nSPS) is 25.6. The van der Waals surface area contributed by atoms with Gasteiger partial charge in [-0.05, 0) is 19.3 Å². The second kappa shape index (κ2) is 5.49. The summed E-state index contributed by atoms with van der Waals surface area (Å²) in [5.74, 6) is -3.12. The Labute approximate surface area is 105 Å². The van der Waals surface area contributed by atoms with Crippen LogP contribution in [-0.4, -0.2) is 52.7 Å². The quantitative estimate of drug-likeness (QED) is 0.678. The Kier molecular flexibility index (Phi) is 4.47. The zero-order valence-electron chi connectivity index (χ0n) is 9.65. The largest absolute Gasteiger partial charge is 0.480 e. The van der Waals surface area contributed by atoms with E-state index in [2.05, 4.69) is 6.58 Å². The van der Waals surface area contributed by atoms with Crippen LogP contribution in [0.15, 0.2) is 12.7 Å². The van der Waals surface area contributed by atoms with Crippen LogP contribution < -0.4 is 0 Å². The zero-order chi connectivity index (χ0) is 13.9. The van der Waals surface area contributed by atoms with Gasteiger partial charge in [-0.1, -0.05) is 6.08 Å². The highest BCUT2D eigenvalue weighted by Gasteiger charge is 2.45. The van der Waals surface area contributed by atoms with Gasteiger partial charge in [0.05, 0.1) is 5.75 Å². The molecule has 0 aromatic heterocycles. The molecule has 8 heteroatoms. The van der Waals surface area contributed by atoms with Crippen molar-refractivity contribution in [2.24, 2.45) is 0 Å². The van der Waals surface area contributed by atoms with Crippen LogP contribution in [0.2, 0.25) is 0 Å². The average molecular weight is 277 g/mol. The summed E-state index contributed by atoms with van der Waals surface area (Å²) in [5.41, 5.74) is 0. The number of nitrogens with zero attached hydrogens (tertiary/aromatic N) is 1. The first-order valence-corrected chi connectivity index (χ1v) is 7.00. The highest BCUT2D eigenvalue weighted by Crippen LogP contribution is 2.27. The van der Waals surface area contributed by atoms with Crippen molar-refractivity contribution in [2.45, 2.75) is 31.3 Å². The van der Waals surface area contributed by atoms with Crippen LogP contribution in [0, 0.1) is 0 Å². The molecule has 0 spiro atoms. The Morgan fingerprint density at radius 2 is 1.67 bits per heavy atom. The van der Waals surface area contributed by atoms with Crippen molar-refractivity contribution in [1.29, 1.82) is 0 Å². The maximum absolute atomic E-state index is 11.9. The van der Waals surface area contributed by atoms with E-state index in [1.54, 1.807) is 0 Å². The van der Waals surface area contributed by atoms with Crippen molar-refractivity contribution in [3.05, 3.63) is 12.7 Å². The third-order valence-electron chi connectivity index (χ3n) is 2.79. The van der Waals surface area contributed by atoms with Gasteiger partial charge in [0.25, 0.3) is 0 Å². The summed E-state index contributed by atoms with van der Waals surface area (Å²) in [6.45, 7) is 3.28. The minimum absolute atomic E-state index is 0.121. The predicted octanol–water partition coefficient (Wildman–Crippen LogP) is -0.105. The molecule has 0 aromatic carbocycles. The molecule has 1 heterocycles. The first-order valence-electron chi connectivity index (χ1n) is 5.39. The Morgan fingerprint density at radius 1 is 1.22 bits per heavy atom. The summed E-state index contributed by atoms with van der Waals surface area (Å²) >= 11 is 0. The number of carboxylic acid groups (broad SMARTS) is 2. The molecule has 0 saturated carbocycles. The van der Waals surface area contributed by atoms with E-state index in [9.17, 15) is 18.0 Å². The number of hydrogen-bond donors (Lipinski definition) is 2. The second-order valence-electron chi connectivity index (χ2n) is 4.04. The molecule has 102 valence electrons. The molecular weight excluding hydrogens is 262 g/mol. The fourth-order valence-corrected chi connectivity index (χ4v) is 3.70. The molecule has 2 atom stereocenters. The number of carbonyl (C=O) groups is 2. The topological polar surface area (TPSA) is 112 Å². The Balaban J connectivity index is 3.19. The molecule has 0 bridgehead atoms. The molecule has 1 fully saturated rings. The summed E-state index contributed by atoms with van der Waals surface area (Å²) in [4.78, 5) is 22.1. The van der Waals surface area contributed by atoms with Gasteiger partial charge in [-0.15, -0.1) is 6.58 Å². The van der Waals surface area contributed by atoms with Gasteiger partial charge in [-0.3, -0.25) is 9.59 Å². The molecule has 0 amide bonds. The van der Waals surface area contributed by atoms with Crippen molar-refractivity contribution >= 4 is 22.0 Å². The fourth-order valence-electron chi connectivity index (χ4n) is 2.06. The highest BCUT2D eigenvalue weighted by atomic mass is 32.2. The molecule has 0 radical (unpaired) electrons. The highest BCUT2D eigenvalue weighted by molar-refractivity contribution is 7.89. The van der Waals surface area contributed by atoms with E-state index in [4.69, 9.17) is 10.2 Å². The monoisotopic (exact) mass is 277 g/mol. The Morgan fingerprint density at radius 3 is 2.00 bits per heavy atom. The van der Waals surface area contributed by atoms with Crippen LogP contribution in [0.1, 0.15) is 19.3 Å². The molecule has 0 aromatic rings. The van der Waals surface area contributed by atoms with Gasteiger partial charge in [0.1, 0.15) is 12.1 Å². The predicted molar refractivity (Wildman–Crippen MR) is 62.5 cm³/mol. The molecular formula is C10H15NO6S. The SMILES string of the molecule is C=CCS(=O)(=O)N1C(C(=O)O)CCCC1C(=O)O. The lowest BCUT2D eigenvalue weighted by Gasteiger charge is -2.36. The van der Waals surface area contributed by atoms with Gasteiger partial charge in [-0.2, -0.15) is 4.31 Å². The van der Waals surface area contributed by atoms with Gasteiger partial charge >= 0.3 is 11.9 Å². The Bertz CT molecular complexity index is 435. The molecule has 1 aliphatic rings. The first kappa shape index (κ1) is 14.7. The van der Waals surface area contributed by atoms with Crippen LogP contribution in [0.3, 0.4) is 0 Å². The molecule has 7 nitrogen and oxygen atoms in total. The van der Waals surface area contributed by atoms with Crippen molar-refractivity contribution < 1.29 is 28.2 Å². The molecule has 1 aliphatic heterocycles. The molecule has 18 heavy (non-hydrogen) atoms. The second-order valence-corrected chi connectivity index (χ2v) is 5.95. The van der Waals surface area contributed by atoms with Gasteiger partial charge in [0.15, 0.2) is 0 Å². The standard InChI is InChI=1S/C10H15NO6S/c1-2-6-18(16,17)11-7(9(12)13)4-3-5-8(11)10(14)15/h2,7-8H,1,3-6H2,(H,12,13)(H,14,15). The zero-order valence-corrected chi connectivity index (χ0v) is 10.5. The number of piperidine rings is 1. The summed E-state index contributed by atoms with van der Waals surface area (Å²) in [6.07, 6.45) is 1.72. The van der Waals surface area contributed by atoms with Crippen molar-refractivity contribution in [2.75, 3.05) is 5.75 Å². The first-order chi connectivity index (χ1) is 8.31. The summed E-state index contributed by atoms with van der Waals surface area (Å²) in [5, 5.41) is 18.0. The number of carboxylic acids is 2. The third-order valence-corrected chi connectivity index (χ3v) is 4.60. The van der Waals surface area contributed by atoms with Crippen LogP contribution >= 0.6 is 0 Å². The lowest BCUT2D eigenvalue weighted by Crippen LogP contribution is -2.56. The van der Waals surface area contributed by atoms with E-state index in [0.29, 0.717) is 10.7 Å². The number of hydrogen-bond acceptors (Lipinski definition) is 4. The van der Waals surface area contributed by atoms with Crippen molar-refractivity contribution in [3.8, 4) is 0 Å². The summed E-state index contributed by atoms with van der Waals surface area (Å²) in [6, 6.07) is -2.63. The number of sulfonamides is 1. The van der Waals surface area contributed by atoms with E-state index >= 15 is 0 Å². The number of rotatable bonds is 5. The molecule has 2 N–H and O–H groups in total. The minimum atomic E-state index is -3.97. The van der Waals surface area contributed by atoms with E-state index < -0.39 is 39.8 Å². The van der Waals surface area contributed by atoms with E-state index in [1.165, 1.54) is 0 Å². The van der Waals surface area contributed by atoms with Gasteiger partial charge in [0, 0.05) is 0 Å². The van der Waals surface area contributed by atoms with E-state index in [0.717, 1.165) is 6.08 Å². The maximum atomic E-state index is 11.9. The van der Waals surface area contributed by atoms with Crippen LogP contribution in [0.4, 0.5) is 0 Å². The lowest BCUT2D eigenvalue weighted by molar-refractivity contribution is -0.149. The molecule has 1 rings (SSSR count). The fraction of sp³-hybridized carbons (Fsp3) is 0.600. The summed E-state index contributed by atoms with van der Waals surface area (Å²) in [7, 11) is -3.97. The lowest BCUT2D eigenvalue weighted by atomic mass is 9.99. The van der Waals surface area contributed by atoms with E-state index in [-0.39, 0.29) is 12.8 Å². The van der Waals surface area contributed by atoms with Crippen LogP contribution in [0.5, 0.6) is 0 Å². The minimum Gasteiger partial charge on any atom is -0.480 e. The molecule has 1 saturated heterocycles. The molecule has 2 unspecified atom stereocenters. The van der Waals surface area contributed by atoms with Gasteiger partial charge < -0.3 is 10.2 Å². The van der Waals surface area contributed by atoms with Crippen LogP contribution in [0.25, 0.3) is 0 Å². The average Bonchev–Trinajstić information content (AvgIpc) is 2.27. The van der Waals surface area contributed by atoms with Crippen molar-refractivity contribution in [3.63, 3.8) is 0 Å². The van der Waals surface area contributed by atoms with E-state index in [1.807, 2.05) is 0 Å².